The molecule has 3 heteroatoms. The first-order valence-electron chi connectivity index (χ1n) is 4.66. The summed E-state index contributed by atoms with van der Waals surface area (Å²) in [5.41, 5.74) is 0.692. The van der Waals surface area contributed by atoms with Crippen LogP contribution in [0.25, 0.3) is 0 Å². The van der Waals surface area contributed by atoms with Gasteiger partial charge in [-0.2, -0.15) is 0 Å². The van der Waals surface area contributed by atoms with Crippen molar-refractivity contribution in [2.24, 2.45) is 5.92 Å². The van der Waals surface area contributed by atoms with Gasteiger partial charge in [0.25, 0.3) is 0 Å². The van der Waals surface area contributed by atoms with E-state index in [-0.39, 0.29) is 11.7 Å². The van der Waals surface area contributed by atoms with Crippen LogP contribution in [0.4, 0.5) is 0 Å². The summed E-state index contributed by atoms with van der Waals surface area (Å²) in [6.45, 7) is 5.56. The molecule has 0 N–H and O–H groups in total. The largest absolute Gasteiger partial charge is 0.501 e. The molecule has 1 saturated heterocycles. The fourth-order valence-electron chi connectivity index (χ4n) is 1.33. The van der Waals surface area contributed by atoms with Crippen LogP contribution in [0.2, 0.25) is 0 Å². The van der Waals surface area contributed by atoms with E-state index in [1.807, 2.05) is 6.92 Å². The third-order valence-corrected chi connectivity index (χ3v) is 2.12. The zero-order valence-electron chi connectivity index (χ0n) is 8.21. The summed E-state index contributed by atoms with van der Waals surface area (Å²) in [6.07, 6.45) is 2.39. The molecule has 1 atom stereocenters. The van der Waals surface area contributed by atoms with Crippen molar-refractivity contribution < 1.29 is 14.3 Å². The summed E-state index contributed by atoms with van der Waals surface area (Å²) in [4.78, 5) is 11.6. The van der Waals surface area contributed by atoms with Crippen LogP contribution in [0.1, 0.15) is 20.3 Å². The van der Waals surface area contributed by atoms with Crippen molar-refractivity contribution in [3.05, 3.63) is 11.8 Å². The number of hydrogen-bond donors (Lipinski definition) is 0. The van der Waals surface area contributed by atoms with E-state index in [1.165, 1.54) is 0 Å². The second-order valence-corrected chi connectivity index (χ2v) is 3.18. The molecule has 1 unspecified atom stereocenters. The number of ether oxygens (including phenoxy) is 2. The summed E-state index contributed by atoms with van der Waals surface area (Å²) in [5, 5.41) is 0. The van der Waals surface area contributed by atoms with Crippen LogP contribution >= 0.6 is 0 Å². The van der Waals surface area contributed by atoms with E-state index in [9.17, 15) is 4.79 Å². The predicted molar refractivity (Wildman–Crippen MR) is 49.3 cm³/mol. The van der Waals surface area contributed by atoms with Crippen LogP contribution in [0, 0.1) is 5.92 Å². The highest BCUT2D eigenvalue weighted by Gasteiger charge is 2.24. The van der Waals surface area contributed by atoms with Crippen LogP contribution < -0.4 is 0 Å². The third-order valence-electron chi connectivity index (χ3n) is 2.12. The standard InChI is InChI=1S/C10H16O3/c1-3-12-6-8(2)10(11)9-4-5-13-7-9/h6,9H,3-5,7H2,1-2H3/b8-6+. The van der Waals surface area contributed by atoms with Crippen LogP contribution in [0.15, 0.2) is 11.8 Å². The number of carbonyl (C=O) groups is 1. The molecule has 3 nitrogen and oxygen atoms in total. The minimum Gasteiger partial charge on any atom is -0.501 e. The molecule has 0 aromatic rings. The second-order valence-electron chi connectivity index (χ2n) is 3.18. The quantitative estimate of drug-likeness (QED) is 0.491. The highest BCUT2D eigenvalue weighted by Crippen LogP contribution is 2.17. The van der Waals surface area contributed by atoms with Crippen molar-refractivity contribution in [1.29, 1.82) is 0 Å². The number of hydrogen-bond acceptors (Lipinski definition) is 3. The van der Waals surface area contributed by atoms with Gasteiger partial charge in [-0.25, -0.2) is 0 Å². The zero-order valence-corrected chi connectivity index (χ0v) is 8.21. The molecule has 0 amide bonds. The first kappa shape index (κ1) is 10.3. The van der Waals surface area contributed by atoms with Gasteiger partial charge in [-0.1, -0.05) is 0 Å². The molecule has 1 heterocycles. The molecule has 0 aromatic heterocycles. The summed E-state index contributed by atoms with van der Waals surface area (Å²) in [7, 11) is 0. The number of Topliss-reactive ketones (excluding diaryl/α,β-unsaturated/α-hetero) is 1. The van der Waals surface area contributed by atoms with Gasteiger partial charge in [0, 0.05) is 18.1 Å². The second kappa shape index (κ2) is 5.02. The molecule has 13 heavy (non-hydrogen) atoms. The summed E-state index contributed by atoms with van der Waals surface area (Å²) < 4.78 is 10.2. The van der Waals surface area contributed by atoms with Crippen molar-refractivity contribution in [2.45, 2.75) is 20.3 Å². The minimum atomic E-state index is 0.0525. The molecular weight excluding hydrogens is 168 g/mol. The van der Waals surface area contributed by atoms with Gasteiger partial charge in [0.05, 0.1) is 19.5 Å². The number of ketones is 1. The highest BCUT2D eigenvalue weighted by molar-refractivity contribution is 5.96. The van der Waals surface area contributed by atoms with Crippen molar-refractivity contribution >= 4 is 5.78 Å². The van der Waals surface area contributed by atoms with Crippen molar-refractivity contribution in [1.82, 2.24) is 0 Å². The molecule has 1 rings (SSSR count). The topological polar surface area (TPSA) is 35.5 Å². The Hall–Kier alpha value is -0.830. The van der Waals surface area contributed by atoms with Crippen molar-refractivity contribution in [2.75, 3.05) is 19.8 Å². The van der Waals surface area contributed by atoms with Crippen molar-refractivity contribution in [3.63, 3.8) is 0 Å². The van der Waals surface area contributed by atoms with Crippen LogP contribution in [-0.2, 0) is 14.3 Å². The molecule has 1 aliphatic rings. The molecule has 0 radical (unpaired) electrons. The lowest BCUT2D eigenvalue weighted by atomic mass is 9.99. The Morgan fingerprint density at radius 1 is 1.69 bits per heavy atom. The summed E-state index contributed by atoms with van der Waals surface area (Å²) in [5.74, 6) is 0.211. The number of allylic oxidation sites excluding steroid dienone is 1. The maximum atomic E-state index is 11.6. The van der Waals surface area contributed by atoms with E-state index >= 15 is 0 Å². The monoisotopic (exact) mass is 184 g/mol. The molecule has 74 valence electrons. The smallest absolute Gasteiger partial charge is 0.167 e. The molecule has 1 fully saturated rings. The van der Waals surface area contributed by atoms with Gasteiger partial charge in [-0.05, 0) is 20.3 Å². The minimum absolute atomic E-state index is 0.0525. The first-order chi connectivity index (χ1) is 6.25. The molecule has 0 aromatic carbocycles. The maximum Gasteiger partial charge on any atom is 0.167 e. The van der Waals surface area contributed by atoms with E-state index in [4.69, 9.17) is 9.47 Å². The average Bonchev–Trinajstić information content (AvgIpc) is 2.65. The normalized spacial score (nSPS) is 23.2. The van der Waals surface area contributed by atoms with Crippen LogP contribution in [0.3, 0.4) is 0 Å². The van der Waals surface area contributed by atoms with E-state index < -0.39 is 0 Å². The van der Waals surface area contributed by atoms with Gasteiger partial charge in [0.2, 0.25) is 0 Å². The van der Waals surface area contributed by atoms with E-state index in [2.05, 4.69) is 0 Å². The van der Waals surface area contributed by atoms with E-state index in [0.29, 0.717) is 25.4 Å². The van der Waals surface area contributed by atoms with Gasteiger partial charge < -0.3 is 9.47 Å². The molecule has 1 aliphatic heterocycles. The highest BCUT2D eigenvalue weighted by atomic mass is 16.5. The van der Waals surface area contributed by atoms with Gasteiger partial charge >= 0.3 is 0 Å². The fraction of sp³-hybridized carbons (Fsp3) is 0.700. The van der Waals surface area contributed by atoms with Gasteiger partial charge in [0.1, 0.15) is 0 Å². The Labute approximate surface area is 78.7 Å². The summed E-state index contributed by atoms with van der Waals surface area (Å²) in [6, 6.07) is 0. The first-order valence-corrected chi connectivity index (χ1v) is 4.66. The van der Waals surface area contributed by atoms with Gasteiger partial charge in [-0.15, -0.1) is 0 Å². The number of carbonyl (C=O) groups excluding carboxylic acids is 1. The molecule has 0 bridgehead atoms. The molecular formula is C10H16O3. The number of rotatable bonds is 4. The van der Waals surface area contributed by atoms with Crippen LogP contribution in [0.5, 0.6) is 0 Å². The van der Waals surface area contributed by atoms with Crippen molar-refractivity contribution in [3.8, 4) is 0 Å². The zero-order chi connectivity index (χ0) is 9.68. The Morgan fingerprint density at radius 2 is 2.46 bits per heavy atom. The summed E-state index contributed by atoms with van der Waals surface area (Å²) >= 11 is 0. The molecule has 0 saturated carbocycles. The molecule has 0 spiro atoms. The van der Waals surface area contributed by atoms with Crippen LogP contribution in [-0.4, -0.2) is 25.6 Å². The lowest BCUT2D eigenvalue weighted by molar-refractivity contribution is -0.119. The Kier molecular flexibility index (Phi) is 3.96. The predicted octanol–water partition coefficient (Wildman–Crippen LogP) is 1.53. The molecule has 0 aliphatic carbocycles. The third kappa shape index (κ3) is 2.84. The lowest BCUT2D eigenvalue weighted by Crippen LogP contribution is -2.15. The van der Waals surface area contributed by atoms with Gasteiger partial charge in [0.15, 0.2) is 5.78 Å². The maximum absolute atomic E-state index is 11.6. The van der Waals surface area contributed by atoms with E-state index in [1.54, 1.807) is 13.2 Å². The average molecular weight is 184 g/mol. The fourth-order valence-corrected chi connectivity index (χ4v) is 1.33. The Morgan fingerprint density at radius 3 is 3.00 bits per heavy atom. The lowest BCUT2D eigenvalue weighted by Gasteiger charge is -2.06. The SMILES string of the molecule is CCO/C=C(\C)C(=O)C1CCOC1. The van der Waals surface area contributed by atoms with Gasteiger partial charge in [-0.3, -0.25) is 4.79 Å². The Bertz CT molecular complexity index is 202. The Balaban J connectivity index is 2.45. The van der Waals surface area contributed by atoms with E-state index in [0.717, 1.165) is 6.42 Å².